The summed E-state index contributed by atoms with van der Waals surface area (Å²) >= 11 is 0. The Hall–Kier alpha value is -0.780. The first-order valence-corrected chi connectivity index (χ1v) is 8.14. The fourth-order valence-electron chi connectivity index (χ4n) is 3.75. The zero-order valence-electron chi connectivity index (χ0n) is 14.0. The molecule has 0 saturated heterocycles. The third-order valence-electron chi connectivity index (χ3n) is 4.36. The quantitative estimate of drug-likeness (QED) is 0.557. The lowest BCUT2D eigenvalue weighted by Crippen LogP contribution is -2.10. The van der Waals surface area contributed by atoms with Gasteiger partial charge in [0.05, 0.1) is 0 Å². The lowest BCUT2D eigenvalue weighted by Gasteiger charge is -2.18. The third kappa shape index (κ3) is 3.41. The fraction of sp³-hybridized carbons (Fsp3) is 0.684. The topological polar surface area (TPSA) is 0 Å². The Morgan fingerprint density at radius 3 is 1.47 bits per heavy atom. The van der Waals surface area contributed by atoms with Crippen LogP contribution in [0.15, 0.2) is 24.3 Å². The summed E-state index contributed by atoms with van der Waals surface area (Å²) in [5.41, 5.74) is 3.74. The minimum atomic E-state index is 0.511. The average molecular weight is 260 g/mol. The summed E-state index contributed by atoms with van der Waals surface area (Å²) < 4.78 is 0. The maximum absolute atomic E-state index is 2.40. The maximum atomic E-state index is 2.40. The second-order valence-electron chi connectivity index (χ2n) is 6.40. The van der Waals surface area contributed by atoms with Crippen LogP contribution in [0.2, 0.25) is 0 Å². The minimum Gasteiger partial charge on any atom is -0.0683 e. The summed E-state index contributed by atoms with van der Waals surface area (Å²) in [7, 11) is 0. The Labute approximate surface area is 120 Å². The molecule has 0 nitrogen and oxygen atoms in total. The summed E-state index contributed by atoms with van der Waals surface area (Å²) in [6, 6.07) is 9.02. The van der Waals surface area contributed by atoms with E-state index in [0.717, 1.165) is 17.8 Å². The van der Waals surface area contributed by atoms with Gasteiger partial charge in [0, 0.05) is 0 Å². The molecule has 0 spiro atoms. The molecule has 0 aliphatic heterocycles. The van der Waals surface area contributed by atoms with Crippen molar-refractivity contribution in [2.45, 2.75) is 61.3 Å². The van der Waals surface area contributed by atoms with Gasteiger partial charge in [-0.1, -0.05) is 72.7 Å². The van der Waals surface area contributed by atoms with Crippen LogP contribution in [0.5, 0.6) is 0 Å². The van der Waals surface area contributed by atoms with E-state index in [1.54, 1.807) is 11.1 Å². The van der Waals surface area contributed by atoms with E-state index in [1.165, 1.54) is 12.8 Å². The lowest BCUT2D eigenvalue weighted by molar-refractivity contribution is 0.318. The minimum absolute atomic E-state index is 0.511. The van der Waals surface area contributed by atoms with Crippen LogP contribution in [0, 0.1) is 23.2 Å². The van der Waals surface area contributed by atoms with Crippen molar-refractivity contribution >= 4 is 0 Å². The second kappa shape index (κ2) is 6.59. The molecule has 0 N–H and O–H groups in total. The molecule has 0 amide bonds. The highest BCUT2D eigenvalue weighted by Gasteiger charge is 2.56. The van der Waals surface area contributed by atoms with E-state index >= 15 is 0 Å². The molecule has 0 aromatic heterocycles. The van der Waals surface area contributed by atoms with Gasteiger partial charge in [-0.25, -0.2) is 0 Å². The third-order valence-corrected chi connectivity index (χ3v) is 4.36. The number of rotatable bonds is 0. The Balaban J connectivity index is 0.000000415. The largest absolute Gasteiger partial charge is 0.0683 e. The van der Waals surface area contributed by atoms with Crippen LogP contribution < -0.4 is 0 Å². The molecule has 1 aromatic rings. The van der Waals surface area contributed by atoms with Crippen molar-refractivity contribution in [2.24, 2.45) is 23.2 Å². The average Bonchev–Trinajstić information content (AvgIpc) is 3.13. The highest BCUT2D eigenvalue weighted by molar-refractivity contribution is 5.34. The monoisotopic (exact) mass is 260 g/mol. The van der Waals surface area contributed by atoms with Crippen molar-refractivity contribution in [1.82, 2.24) is 0 Å². The second-order valence-corrected chi connectivity index (χ2v) is 6.40. The van der Waals surface area contributed by atoms with Gasteiger partial charge in [-0.05, 0) is 47.1 Å². The van der Waals surface area contributed by atoms with Gasteiger partial charge in [-0.15, -0.1) is 0 Å². The first-order valence-electron chi connectivity index (χ1n) is 8.14. The van der Waals surface area contributed by atoms with E-state index in [4.69, 9.17) is 0 Å². The summed E-state index contributed by atoms with van der Waals surface area (Å²) in [5.74, 6) is 2.93. The number of benzene rings is 1. The Morgan fingerprint density at radius 1 is 0.789 bits per heavy atom. The van der Waals surface area contributed by atoms with Crippen LogP contribution in [0.25, 0.3) is 0 Å². The van der Waals surface area contributed by atoms with Gasteiger partial charge in [0.15, 0.2) is 0 Å². The van der Waals surface area contributed by atoms with Crippen LogP contribution >= 0.6 is 0 Å². The number of fused-ring (bicyclic) bond motifs is 2. The number of hydrogen-bond acceptors (Lipinski definition) is 0. The predicted molar refractivity (Wildman–Crippen MR) is 86.5 cm³/mol. The van der Waals surface area contributed by atoms with Crippen molar-refractivity contribution in [3.63, 3.8) is 0 Å². The first kappa shape index (κ1) is 16.3. The molecule has 0 heterocycles. The SMILES string of the molecule is CC.CC.CC(C)(C)C1C2Cc3ccccc3CC21. The van der Waals surface area contributed by atoms with Gasteiger partial charge in [0.2, 0.25) is 0 Å². The van der Waals surface area contributed by atoms with Gasteiger partial charge in [-0.2, -0.15) is 0 Å². The van der Waals surface area contributed by atoms with Crippen molar-refractivity contribution in [3.05, 3.63) is 35.4 Å². The Kier molecular flexibility index (Phi) is 5.64. The first-order chi connectivity index (χ1) is 9.07. The summed E-state index contributed by atoms with van der Waals surface area (Å²) in [4.78, 5) is 0. The summed E-state index contributed by atoms with van der Waals surface area (Å²) in [6.07, 6.45) is 2.67. The Bertz CT molecular complexity index is 352. The van der Waals surface area contributed by atoms with E-state index < -0.39 is 0 Å². The van der Waals surface area contributed by atoms with Crippen LogP contribution in [0.3, 0.4) is 0 Å². The molecule has 0 bridgehead atoms. The molecule has 2 aliphatic carbocycles. The van der Waals surface area contributed by atoms with E-state index in [0.29, 0.717) is 5.41 Å². The molecule has 2 unspecified atom stereocenters. The zero-order valence-corrected chi connectivity index (χ0v) is 14.0. The lowest BCUT2D eigenvalue weighted by atomic mass is 9.87. The van der Waals surface area contributed by atoms with E-state index in [-0.39, 0.29) is 0 Å². The molecule has 1 saturated carbocycles. The van der Waals surface area contributed by atoms with Crippen LogP contribution in [0.4, 0.5) is 0 Å². The van der Waals surface area contributed by atoms with Crippen molar-refractivity contribution in [1.29, 1.82) is 0 Å². The molecule has 0 radical (unpaired) electrons. The van der Waals surface area contributed by atoms with Gasteiger partial charge in [-0.3, -0.25) is 0 Å². The van der Waals surface area contributed by atoms with Crippen molar-refractivity contribution < 1.29 is 0 Å². The zero-order chi connectivity index (χ0) is 14.6. The van der Waals surface area contributed by atoms with Crippen molar-refractivity contribution in [3.8, 4) is 0 Å². The molecule has 1 fully saturated rings. The van der Waals surface area contributed by atoms with Crippen LogP contribution in [-0.2, 0) is 12.8 Å². The molecular weight excluding hydrogens is 228 g/mol. The molecular formula is C19H32. The predicted octanol–water partition coefficient (Wildman–Crippen LogP) is 5.75. The molecule has 19 heavy (non-hydrogen) atoms. The maximum Gasteiger partial charge on any atom is -0.0242 e. The summed E-state index contributed by atoms with van der Waals surface area (Å²) in [5, 5.41) is 0. The van der Waals surface area contributed by atoms with E-state index in [2.05, 4.69) is 45.0 Å². The Morgan fingerprint density at radius 2 is 1.16 bits per heavy atom. The molecule has 1 aromatic carbocycles. The van der Waals surface area contributed by atoms with Gasteiger partial charge < -0.3 is 0 Å². The van der Waals surface area contributed by atoms with E-state index in [1.807, 2.05) is 27.7 Å². The van der Waals surface area contributed by atoms with Gasteiger partial charge in [0.25, 0.3) is 0 Å². The normalized spacial score (nSPS) is 26.8. The standard InChI is InChI=1S/C15H20.2C2H6/c1-15(2,3)14-12-8-10-6-4-5-7-11(10)9-13(12)14;2*1-2/h4-7,12-14H,8-9H2,1-3H3;2*1-2H3. The molecule has 0 heteroatoms. The van der Waals surface area contributed by atoms with Crippen LogP contribution in [0.1, 0.15) is 59.6 Å². The molecule has 3 rings (SSSR count). The highest BCUT2D eigenvalue weighted by Crippen LogP contribution is 2.60. The van der Waals surface area contributed by atoms with E-state index in [9.17, 15) is 0 Å². The molecule has 108 valence electrons. The molecule has 2 aliphatic rings. The van der Waals surface area contributed by atoms with Crippen molar-refractivity contribution in [2.75, 3.05) is 0 Å². The summed E-state index contributed by atoms with van der Waals surface area (Å²) in [6.45, 7) is 15.2. The van der Waals surface area contributed by atoms with Gasteiger partial charge in [0.1, 0.15) is 0 Å². The smallest absolute Gasteiger partial charge is 0.0242 e. The number of hydrogen-bond donors (Lipinski definition) is 0. The fourth-order valence-corrected chi connectivity index (χ4v) is 3.75. The van der Waals surface area contributed by atoms with Gasteiger partial charge >= 0.3 is 0 Å². The highest BCUT2D eigenvalue weighted by atomic mass is 14.6. The van der Waals surface area contributed by atoms with Crippen LogP contribution in [-0.4, -0.2) is 0 Å². The molecule has 2 atom stereocenters.